The highest BCUT2D eigenvalue weighted by Gasteiger charge is 2.19. The maximum Gasteiger partial charge on any atom is 0.102 e. The van der Waals surface area contributed by atoms with E-state index in [0.29, 0.717) is 0 Å². The molecular formula is C12H15BrN4. The second kappa shape index (κ2) is 4.23. The third kappa shape index (κ3) is 2.40. The van der Waals surface area contributed by atoms with E-state index in [-0.39, 0.29) is 0 Å². The first-order valence-corrected chi connectivity index (χ1v) is 6.16. The van der Waals surface area contributed by atoms with E-state index in [2.05, 4.69) is 26.2 Å². The van der Waals surface area contributed by atoms with Gasteiger partial charge in [0.05, 0.1) is 17.4 Å². The number of halogens is 1. The molecule has 4 nitrogen and oxygen atoms in total. The van der Waals surface area contributed by atoms with Crippen molar-refractivity contribution in [3.8, 4) is 5.69 Å². The van der Waals surface area contributed by atoms with E-state index in [1.807, 2.05) is 45.2 Å². The number of aromatic nitrogens is 3. The second-order valence-electron chi connectivity index (χ2n) is 4.68. The Kier molecular flexibility index (Phi) is 3.05. The number of aryl methyl sites for hydroxylation is 1. The molecule has 90 valence electrons. The Morgan fingerprint density at radius 3 is 2.65 bits per heavy atom. The van der Waals surface area contributed by atoms with Crippen molar-refractivity contribution in [3.05, 3.63) is 40.1 Å². The van der Waals surface area contributed by atoms with Crippen molar-refractivity contribution in [1.29, 1.82) is 0 Å². The molecule has 0 unspecified atom stereocenters. The van der Waals surface area contributed by atoms with Crippen LogP contribution in [0.3, 0.4) is 0 Å². The van der Waals surface area contributed by atoms with Crippen molar-refractivity contribution in [2.24, 2.45) is 5.73 Å². The average molecular weight is 295 g/mol. The Morgan fingerprint density at radius 1 is 1.35 bits per heavy atom. The summed E-state index contributed by atoms with van der Waals surface area (Å²) in [5.74, 6) is 0. The minimum Gasteiger partial charge on any atom is -0.320 e. The van der Waals surface area contributed by atoms with Crippen LogP contribution in [0.4, 0.5) is 0 Å². The molecule has 0 atom stereocenters. The number of benzene rings is 1. The van der Waals surface area contributed by atoms with Gasteiger partial charge in [0.25, 0.3) is 0 Å². The minimum absolute atomic E-state index is 0.478. The molecular weight excluding hydrogens is 280 g/mol. The number of rotatable bonds is 2. The maximum absolute atomic E-state index is 5.99. The lowest BCUT2D eigenvalue weighted by molar-refractivity contribution is 0.533. The first kappa shape index (κ1) is 12.3. The van der Waals surface area contributed by atoms with Gasteiger partial charge in [-0.2, -0.15) is 0 Å². The summed E-state index contributed by atoms with van der Waals surface area (Å²) in [6, 6.07) is 6.02. The lowest BCUT2D eigenvalue weighted by atomic mass is 10.0. The van der Waals surface area contributed by atoms with Crippen molar-refractivity contribution in [2.45, 2.75) is 26.3 Å². The Labute approximate surface area is 109 Å². The number of nitrogens with zero attached hydrogens (tertiary/aromatic N) is 3. The predicted molar refractivity (Wildman–Crippen MR) is 71.0 cm³/mol. The first-order chi connectivity index (χ1) is 7.89. The molecule has 0 aliphatic rings. The summed E-state index contributed by atoms with van der Waals surface area (Å²) in [5, 5.41) is 8.21. The first-order valence-electron chi connectivity index (χ1n) is 5.37. The highest BCUT2D eigenvalue weighted by atomic mass is 79.9. The van der Waals surface area contributed by atoms with Crippen LogP contribution < -0.4 is 5.73 Å². The molecule has 17 heavy (non-hydrogen) atoms. The molecule has 0 spiro atoms. The van der Waals surface area contributed by atoms with Gasteiger partial charge in [0.1, 0.15) is 5.69 Å². The van der Waals surface area contributed by atoms with Crippen molar-refractivity contribution in [3.63, 3.8) is 0 Å². The van der Waals surface area contributed by atoms with Crippen molar-refractivity contribution in [2.75, 3.05) is 0 Å². The fourth-order valence-electron chi connectivity index (χ4n) is 1.49. The van der Waals surface area contributed by atoms with Crippen LogP contribution in [0.1, 0.15) is 25.1 Å². The summed E-state index contributed by atoms with van der Waals surface area (Å²) >= 11 is 3.56. The van der Waals surface area contributed by atoms with Crippen LogP contribution in [-0.2, 0) is 5.54 Å². The molecule has 0 fully saturated rings. The average Bonchev–Trinajstić information content (AvgIpc) is 2.70. The molecule has 1 aromatic carbocycles. The maximum atomic E-state index is 5.99. The van der Waals surface area contributed by atoms with Gasteiger partial charge in [0.2, 0.25) is 0 Å². The van der Waals surface area contributed by atoms with Gasteiger partial charge in [-0.15, -0.1) is 5.10 Å². The van der Waals surface area contributed by atoms with E-state index >= 15 is 0 Å². The molecule has 0 bridgehead atoms. The molecule has 0 aliphatic carbocycles. The summed E-state index contributed by atoms with van der Waals surface area (Å²) in [7, 11) is 0. The minimum atomic E-state index is -0.478. The van der Waals surface area contributed by atoms with E-state index in [9.17, 15) is 0 Å². The lowest BCUT2D eigenvalue weighted by Crippen LogP contribution is -2.29. The van der Waals surface area contributed by atoms with Crippen LogP contribution in [0.15, 0.2) is 28.9 Å². The Balaban J connectivity index is 2.48. The zero-order valence-corrected chi connectivity index (χ0v) is 11.7. The molecule has 2 aromatic rings. The fraction of sp³-hybridized carbons (Fsp3) is 0.333. The van der Waals surface area contributed by atoms with Crippen LogP contribution >= 0.6 is 15.9 Å². The van der Waals surface area contributed by atoms with Crippen molar-refractivity contribution < 1.29 is 0 Å². The monoisotopic (exact) mass is 294 g/mol. The van der Waals surface area contributed by atoms with Gasteiger partial charge in [0.15, 0.2) is 0 Å². The number of hydrogen-bond acceptors (Lipinski definition) is 3. The summed E-state index contributed by atoms with van der Waals surface area (Å²) in [4.78, 5) is 0. The van der Waals surface area contributed by atoms with Gasteiger partial charge in [-0.05, 0) is 48.3 Å². The van der Waals surface area contributed by atoms with Crippen molar-refractivity contribution >= 4 is 15.9 Å². The molecule has 0 saturated heterocycles. The van der Waals surface area contributed by atoms with E-state index < -0.39 is 5.54 Å². The van der Waals surface area contributed by atoms with E-state index in [1.165, 1.54) is 0 Å². The molecule has 0 amide bonds. The van der Waals surface area contributed by atoms with Gasteiger partial charge in [-0.1, -0.05) is 17.3 Å². The molecule has 5 heteroatoms. The standard InChI is InChI=1S/C12H15BrN4/c1-8-5-4-6-9(11(8)13)17-7-10(15-16-17)12(2,3)14/h4-7H,14H2,1-3H3. The van der Waals surface area contributed by atoms with Crippen LogP contribution in [-0.4, -0.2) is 15.0 Å². The van der Waals surface area contributed by atoms with Gasteiger partial charge >= 0.3 is 0 Å². The van der Waals surface area contributed by atoms with Gasteiger partial charge in [-0.3, -0.25) is 0 Å². The summed E-state index contributed by atoms with van der Waals surface area (Å²) in [6.07, 6.45) is 1.86. The number of nitrogens with two attached hydrogens (primary N) is 1. The predicted octanol–water partition coefficient (Wildman–Crippen LogP) is 2.53. The Morgan fingerprint density at radius 2 is 2.06 bits per heavy atom. The van der Waals surface area contributed by atoms with E-state index in [0.717, 1.165) is 21.4 Å². The molecule has 0 radical (unpaired) electrons. The zero-order chi connectivity index (χ0) is 12.6. The molecule has 0 saturated carbocycles. The SMILES string of the molecule is Cc1cccc(-n2cc(C(C)(C)N)nn2)c1Br. The molecule has 2 rings (SSSR count). The topological polar surface area (TPSA) is 56.7 Å². The summed E-state index contributed by atoms with van der Waals surface area (Å²) in [6.45, 7) is 5.86. The molecule has 0 aliphatic heterocycles. The summed E-state index contributed by atoms with van der Waals surface area (Å²) in [5.41, 5.74) is 8.40. The Bertz CT molecular complexity index is 540. The highest BCUT2D eigenvalue weighted by molar-refractivity contribution is 9.10. The largest absolute Gasteiger partial charge is 0.320 e. The lowest BCUT2D eigenvalue weighted by Gasteiger charge is -2.13. The number of hydrogen-bond donors (Lipinski definition) is 1. The quantitative estimate of drug-likeness (QED) is 0.926. The Hall–Kier alpha value is -1.20. The highest BCUT2D eigenvalue weighted by Crippen LogP contribution is 2.24. The molecule has 1 aromatic heterocycles. The van der Waals surface area contributed by atoms with Gasteiger partial charge in [0, 0.05) is 4.47 Å². The van der Waals surface area contributed by atoms with E-state index in [1.54, 1.807) is 4.68 Å². The molecule has 2 N–H and O–H groups in total. The third-order valence-corrected chi connectivity index (χ3v) is 3.60. The van der Waals surface area contributed by atoms with Crippen molar-refractivity contribution in [1.82, 2.24) is 15.0 Å². The summed E-state index contributed by atoms with van der Waals surface area (Å²) < 4.78 is 2.76. The zero-order valence-electron chi connectivity index (χ0n) is 10.1. The van der Waals surface area contributed by atoms with Gasteiger partial charge in [-0.25, -0.2) is 4.68 Å². The normalized spacial score (nSPS) is 11.8. The van der Waals surface area contributed by atoms with Crippen LogP contribution in [0.2, 0.25) is 0 Å². The van der Waals surface area contributed by atoms with Gasteiger partial charge < -0.3 is 5.73 Å². The van der Waals surface area contributed by atoms with Crippen LogP contribution in [0.5, 0.6) is 0 Å². The molecule has 1 heterocycles. The fourth-order valence-corrected chi connectivity index (χ4v) is 1.93. The smallest absolute Gasteiger partial charge is 0.102 e. The van der Waals surface area contributed by atoms with Crippen LogP contribution in [0.25, 0.3) is 5.69 Å². The second-order valence-corrected chi connectivity index (χ2v) is 5.47. The van der Waals surface area contributed by atoms with Crippen LogP contribution in [0, 0.1) is 6.92 Å². The third-order valence-electron chi connectivity index (χ3n) is 2.57. The van der Waals surface area contributed by atoms with E-state index in [4.69, 9.17) is 5.73 Å².